The Morgan fingerprint density at radius 1 is 1.25 bits per heavy atom. The van der Waals surface area contributed by atoms with Crippen LogP contribution in [0.15, 0.2) is 0 Å². The number of hydrogen-bond acceptors (Lipinski definition) is 5. The zero-order valence-corrected chi connectivity index (χ0v) is 13.8. The van der Waals surface area contributed by atoms with E-state index in [1.165, 1.54) is 24.1 Å². The van der Waals surface area contributed by atoms with E-state index in [2.05, 4.69) is 10.2 Å². The maximum Gasteiger partial charge on any atom is 0.509 e. The molecule has 3 heterocycles. The standard InChI is InChI=1S/C17H23N3O4/c21-15(6-5-14-12-3-1-2-4-13(12)18-19-14)20-9-7-17(8-10-20)11-23-16(22)24-17/h1-11H2,(H,18,19). The molecule has 130 valence electrons. The molecule has 1 aliphatic carbocycles. The van der Waals surface area contributed by atoms with E-state index in [-0.39, 0.29) is 5.91 Å². The van der Waals surface area contributed by atoms with Crippen molar-refractivity contribution in [2.75, 3.05) is 19.7 Å². The molecule has 3 aliphatic rings. The minimum atomic E-state index is -0.585. The number of fused-ring (bicyclic) bond motifs is 1. The molecule has 1 amide bonds. The summed E-state index contributed by atoms with van der Waals surface area (Å²) >= 11 is 0. The molecule has 24 heavy (non-hydrogen) atoms. The van der Waals surface area contributed by atoms with Gasteiger partial charge in [-0.3, -0.25) is 9.89 Å². The number of aromatic nitrogens is 2. The van der Waals surface area contributed by atoms with Crippen molar-refractivity contribution in [2.24, 2.45) is 0 Å². The molecule has 1 aromatic rings. The quantitative estimate of drug-likeness (QED) is 0.852. The number of nitrogens with zero attached hydrogens (tertiary/aromatic N) is 2. The highest BCUT2D eigenvalue weighted by Gasteiger charge is 2.45. The molecule has 0 bridgehead atoms. The number of nitrogens with one attached hydrogen (secondary N) is 1. The summed E-state index contributed by atoms with van der Waals surface area (Å²) in [6.07, 6.45) is 6.49. The fourth-order valence-corrected chi connectivity index (χ4v) is 3.98. The maximum atomic E-state index is 12.5. The molecule has 2 fully saturated rings. The number of piperidine rings is 1. The highest BCUT2D eigenvalue weighted by Crippen LogP contribution is 2.32. The first-order chi connectivity index (χ1) is 11.7. The van der Waals surface area contributed by atoms with Crippen molar-refractivity contribution in [1.82, 2.24) is 15.1 Å². The summed E-state index contributed by atoms with van der Waals surface area (Å²) < 4.78 is 10.2. The molecule has 1 spiro atoms. The largest absolute Gasteiger partial charge is 0.509 e. The Kier molecular flexibility index (Phi) is 3.94. The number of amides is 1. The average Bonchev–Trinajstić information content (AvgIpc) is 3.17. The average molecular weight is 333 g/mol. The third kappa shape index (κ3) is 2.87. The summed E-state index contributed by atoms with van der Waals surface area (Å²) in [5, 5.41) is 7.54. The van der Waals surface area contributed by atoms with Gasteiger partial charge in [0, 0.05) is 44.5 Å². The number of likely N-dealkylation sites (tertiary alicyclic amines) is 1. The van der Waals surface area contributed by atoms with Gasteiger partial charge in [0.25, 0.3) is 0 Å². The van der Waals surface area contributed by atoms with Crippen LogP contribution in [0.3, 0.4) is 0 Å². The molecule has 1 N–H and O–H groups in total. The predicted molar refractivity (Wildman–Crippen MR) is 84.5 cm³/mol. The van der Waals surface area contributed by atoms with Gasteiger partial charge >= 0.3 is 6.16 Å². The molecule has 2 saturated heterocycles. The monoisotopic (exact) mass is 333 g/mol. The SMILES string of the molecule is O=C1OCC2(CCN(C(=O)CCc3n[nH]c4c3CCCC4)CC2)O1. The van der Waals surface area contributed by atoms with Crippen LogP contribution in [-0.4, -0.2) is 52.5 Å². The Morgan fingerprint density at radius 3 is 2.79 bits per heavy atom. The Hall–Kier alpha value is -2.05. The number of hydrogen-bond donors (Lipinski definition) is 1. The van der Waals surface area contributed by atoms with Crippen molar-refractivity contribution in [1.29, 1.82) is 0 Å². The molecule has 4 rings (SSSR count). The van der Waals surface area contributed by atoms with Crippen LogP contribution < -0.4 is 0 Å². The first-order valence-corrected chi connectivity index (χ1v) is 8.84. The Balaban J connectivity index is 1.30. The number of H-pyrrole nitrogens is 1. The summed E-state index contributed by atoms with van der Waals surface area (Å²) in [6, 6.07) is 0. The van der Waals surface area contributed by atoms with Crippen molar-refractivity contribution in [3.05, 3.63) is 17.0 Å². The van der Waals surface area contributed by atoms with Gasteiger partial charge in [0.2, 0.25) is 5.91 Å². The van der Waals surface area contributed by atoms with Crippen molar-refractivity contribution in [3.8, 4) is 0 Å². The number of rotatable bonds is 3. The molecule has 1 aromatic heterocycles. The minimum Gasteiger partial charge on any atom is -0.430 e. The van der Waals surface area contributed by atoms with E-state index in [9.17, 15) is 9.59 Å². The van der Waals surface area contributed by atoms with Gasteiger partial charge in [-0.25, -0.2) is 4.79 Å². The lowest BCUT2D eigenvalue weighted by Crippen LogP contribution is -2.48. The fourth-order valence-electron chi connectivity index (χ4n) is 3.98. The van der Waals surface area contributed by atoms with Crippen LogP contribution >= 0.6 is 0 Å². The highest BCUT2D eigenvalue weighted by molar-refractivity contribution is 5.76. The third-order valence-electron chi connectivity index (χ3n) is 5.50. The summed E-state index contributed by atoms with van der Waals surface area (Å²) in [5.74, 6) is 0.155. The normalized spacial score (nSPS) is 22.2. The van der Waals surface area contributed by atoms with Gasteiger partial charge in [0.1, 0.15) is 6.61 Å². The minimum absolute atomic E-state index is 0.155. The second-order valence-electron chi connectivity index (χ2n) is 7.04. The number of aryl methyl sites for hydroxylation is 2. The van der Waals surface area contributed by atoms with Crippen LogP contribution in [0, 0.1) is 0 Å². The number of aromatic amines is 1. The van der Waals surface area contributed by atoms with E-state index < -0.39 is 11.8 Å². The number of cyclic esters (lactones) is 1. The van der Waals surface area contributed by atoms with Crippen molar-refractivity contribution in [3.63, 3.8) is 0 Å². The molecule has 0 radical (unpaired) electrons. The van der Waals surface area contributed by atoms with Crippen LogP contribution in [0.4, 0.5) is 4.79 Å². The first kappa shape index (κ1) is 15.5. The first-order valence-electron chi connectivity index (χ1n) is 8.84. The molecular formula is C17H23N3O4. The van der Waals surface area contributed by atoms with Crippen LogP contribution in [-0.2, 0) is 33.5 Å². The van der Waals surface area contributed by atoms with E-state index in [1.807, 2.05) is 4.90 Å². The van der Waals surface area contributed by atoms with E-state index in [0.29, 0.717) is 45.4 Å². The van der Waals surface area contributed by atoms with Crippen molar-refractivity contribution < 1.29 is 19.1 Å². The maximum absolute atomic E-state index is 12.5. The second-order valence-corrected chi connectivity index (χ2v) is 7.04. The zero-order valence-electron chi connectivity index (χ0n) is 13.8. The van der Waals surface area contributed by atoms with Gasteiger partial charge in [-0.15, -0.1) is 0 Å². The zero-order chi connectivity index (χ0) is 16.6. The Bertz CT molecular complexity index is 646. The Labute approximate surface area is 140 Å². The van der Waals surface area contributed by atoms with E-state index in [4.69, 9.17) is 9.47 Å². The van der Waals surface area contributed by atoms with Gasteiger partial charge in [-0.2, -0.15) is 5.10 Å². The van der Waals surface area contributed by atoms with Crippen LogP contribution in [0.2, 0.25) is 0 Å². The fraction of sp³-hybridized carbons (Fsp3) is 0.706. The van der Waals surface area contributed by atoms with E-state index in [0.717, 1.165) is 18.5 Å². The molecular weight excluding hydrogens is 310 g/mol. The third-order valence-corrected chi connectivity index (χ3v) is 5.50. The van der Waals surface area contributed by atoms with Gasteiger partial charge in [-0.05, 0) is 31.2 Å². The lowest BCUT2D eigenvalue weighted by Gasteiger charge is -2.36. The molecule has 0 aromatic carbocycles. The molecule has 0 atom stereocenters. The van der Waals surface area contributed by atoms with Gasteiger partial charge in [0.05, 0.1) is 5.69 Å². The van der Waals surface area contributed by atoms with E-state index >= 15 is 0 Å². The number of ether oxygens (including phenoxy) is 2. The van der Waals surface area contributed by atoms with Crippen molar-refractivity contribution in [2.45, 2.75) is 57.0 Å². The predicted octanol–water partition coefficient (Wildman–Crippen LogP) is 1.75. The summed E-state index contributed by atoms with van der Waals surface area (Å²) in [7, 11) is 0. The molecule has 2 aliphatic heterocycles. The summed E-state index contributed by atoms with van der Waals surface area (Å²) in [4.78, 5) is 25.5. The van der Waals surface area contributed by atoms with Crippen LogP contribution in [0.5, 0.6) is 0 Å². The Morgan fingerprint density at radius 2 is 2.04 bits per heavy atom. The van der Waals surface area contributed by atoms with Crippen LogP contribution in [0.1, 0.15) is 49.1 Å². The van der Waals surface area contributed by atoms with Gasteiger partial charge < -0.3 is 14.4 Å². The molecule has 0 unspecified atom stereocenters. The lowest BCUT2D eigenvalue weighted by atomic mass is 9.92. The topological polar surface area (TPSA) is 84.5 Å². The molecule has 7 nitrogen and oxygen atoms in total. The van der Waals surface area contributed by atoms with Crippen molar-refractivity contribution >= 4 is 12.1 Å². The van der Waals surface area contributed by atoms with Gasteiger partial charge in [-0.1, -0.05) is 0 Å². The smallest absolute Gasteiger partial charge is 0.430 e. The van der Waals surface area contributed by atoms with Gasteiger partial charge in [0.15, 0.2) is 5.60 Å². The summed E-state index contributed by atoms with van der Waals surface area (Å²) in [5.41, 5.74) is 3.15. The molecule has 7 heteroatoms. The van der Waals surface area contributed by atoms with E-state index in [1.54, 1.807) is 0 Å². The summed E-state index contributed by atoms with van der Waals surface area (Å²) in [6.45, 7) is 1.55. The number of carbonyl (C=O) groups excluding carboxylic acids is 2. The van der Waals surface area contributed by atoms with Crippen LogP contribution in [0.25, 0.3) is 0 Å². The second kappa shape index (κ2) is 6.11. The lowest BCUT2D eigenvalue weighted by molar-refractivity contribution is -0.134. The highest BCUT2D eigenvalue weighted by atomic mass is 16.8. The number of carbonyl (C=O) groups is 2. The molecule has 0 saturated carbocycles.